The van der Waals surface area contributed by atoms with E-state index in [1.807, 2.05) is 18.2 Å². The smallest absolute Gasteiger partial charge is 0.243 e. The molecule has 2 aliphatic rings. The van der Waals surface area contributed by atoms with E-state index in [1.54, 1.807) is 35.7 Å². The minimum absolute atomic E-state index is 0.0474. The molecule has 1 unspecified atom stereocenters. The molecule has 4 rings (SSSR count). The Labute approximate surface area is 161 Å². The summed E-state index contributed by atoms with van der Waals surface area (Å²) in [5.41, 5.74) is 1.18. The zero-order valence-corrected chi connectivity index (χ0v) is 16.4. The number of rotatable bonds is 6. The van der Waals surface area contributed by atoms with Gasteiger partial charge >= 0.3 is 0 Å². The maximum Gasteiger partial charge on any atom is 0.243 e. The predicted octanol–water partition coefficient (Wildman–Crippen LogP) is 2.78. The second kappa shape index (κ2) is 7.62. The SMILES string of the molecule is COc1ccc(S(=O)(=O)N2CCN(C3CC3)CC2Cc2ccccc2)cc1. The fourth-order valence-electron chi connectivity index (χ4n) is 3.89. The molecule has 2 aromatic carbocycles. The van der Waals surface area contributed by atoms with Crippen LogP contribution < -0.4 is 4.74 Å². The first-order valence-corrected chi connectivity index (χ1v) is 11.0. The van der Waals surface area contributed by atoms with Gasteiger partial charge in [0.05, 0.1) is 12.0 Å². The molecular weight excluding hydrogens is 360 g/mol. The fourth-order valence-corrected chi connectivity index (χ4v) is 5.49. The van der Waals surface area contributed by atoms with Crippen molar-refractivity contribution < 1.29 is 13.2 Å². The van der Waals surface area contributed by atoms with Gasteiger partial charge in [-0.3, -0.25) is 4.90 Å². The van der Waals surface area contributed by atoms with Crippen LogP contribution >= 0.6 is 0 Å². The number of ether oxygens (including phenoxy) is 1. The molecule has 0 aromatic heterocycles. The Hall–Kier alpha value is -1.89. The highest BCUT2D eigenvalue weighted by Crippen LogP contribution is 2.32. The largest absolute Gasteiger partial charge is 0.497 e. The molecule has 0 N–H and O–H groups in total. The van der Waals surface area contributed by atoms with E-state index in [0.29, 0.717) is 23.2 Å². The van der Waals surface area contributed by atoms with Gasteiger partial charge in [-0.2, -0.15) is 4.31 Å². The van der Waals surface area contributed by atoms with Crippen molar-refractivity contribution in [2.45, 2.75) is 36.2 Å². The van der Waals surface area contributed by atoms with Crippen molar-refractivity contribution in [1.82, 2.24) is 9.21 Å². The summed E-state index contributed by atoms with van der Waals surface area (Å²) in [5.74, 6) is 0.660. The first-order chi connectivity index (χ1) is 13.1. The lowest BCUT2D eigenvalue weighted by atomic mass is 10.0. The van der Waals surface area contributed by atoms with E-state index < -0.39 is 10.0 Å². The van der Waals surface area contributed by atoms with Crippen molar-refractivity contribution in [1.29, 1.82) is 0 Å². The predicted molar refractivity (Wildman–Crippen MR) is 105 cm³/mol. The standard InChI is InChI=1S/C21H26N2O3S/c1-26-20-9-11-21(12-10-20)27(24,25)23-14-13-22(18-7-8-18)16-19(23)15-17-5-3-2-4-6-17/h2-6,9-12,18-19H,7-8,13-16H2,1H3. The molecule has 2 fully saturated rings. The highest BCUT2D eigenvalue weighted by Gasteiger charge is 2.40. The summed E-state index contributed by atoms with van der Waals surface area (Å²) >= 11 is 0. The van der Waals surface area contributed by atoms with E-state index in [4.69, 9.17) is 4.74 Å². The summed E-state index contributed by atoms with van der Waals surface area (Å²) in [6.07, 6.45) is 3.21. The average molecular weight is 387 g/mol. The third-order valence-electron chi connectivity index (χ3n) is 5.50. The molecule has 1 aliphatic carbocycles. The van der Waals surface area contributed by atoms with Crippen LogP contribution in [0.4, 0.5) is 0 Å². The lowest BCUT2D eigenvalue weighted by molar-refractivity contribution is 0.128. The minimum atomic E-state index is -3.53. The number of hydrogen-bond donors (Lipinski definition) is 0. The highest BCUT2D eigenvalue weighted by atomic mass is 32.2. The van der Waals surface area contributed by atoms with E-state index in [-0.39, 0.29) is 6.04 Å². The van der Waals surface area contributed by atoms with Crippen molar-refractivity contribution in [2.24, 2.45) is 0 Å². The summed E-state index contributed by atoms with van der Waals surface area (Å²) in [5, 5.41) is 0. The van der Waals surface area contributed by atoms with Gasteiger partial charge in [0, 0.05) is 31.7 Å². The summed E-state index contributed by atoms with van der Waals surface area (Å²) < 4.78 is 33.6. The highest BCUT2D eigenvalue weighted by molar-refractivity contribution is 7.89. The number of methoxy groups -OCH3 is 1. The van der Waals surface area contributed by atoms with Gasteiger partial charge in [0.15, 0.2) is 0 Å². The lowest BCUT2D eigenvalue weighted by Crippen LogP contribution is -2.56. The van der Waals surface area contributed by atoms with Crippen LogP contribution in [0.25, 0.3) is 0 Å². The van der Waals surface area contributed by atoms with Gasteiger partial charge < -0.3 is 4.74 Å². The van der Waals surface area contributed by atoms with Crippen molar-refractivity contribution in [2.75, 3.05) is 26.7 Å². The van der Waals surface area contributed by atoms with E-state index in [2.05, 4.69) is 17.0 Å². The minimum Gasteiger partial charge on any atom is -0.497 e. The van der Waals surface area contributed by atoms with Crippen LogP contribution in [0.15, 0.2) is 59.5 Å². The van der Waals surface area contributed by atoms with Crippen LogP contribution in [0, 0.1) is 0 Å². The lowest BCUT2D eigenvalue weighted by Gasteiger charge is -2.41. The van der Waals surface area contributed by atoms with Crippen LogP contribution in [-0.4, -0.2) is 56.5 Å². The summed E-state index contributed by atoms with van der Waals surface area (Å²) in [6.45, 7) is 2.16. The number of sulfonamides is 1. The topological polar surface area (TPSA) is 49.9 Å². The van der Waals surface area contributed by atoms with Gasteiger partial charge in [-0.05, 0) is 49.1 Å². The van der Waals surface area contributed by atoms with E-state index in [9.17, 15) is 8.42 Å². The number of benzene rings is 2. The molecule has 0 radical (unpaired) electrons. The molecule has 0 amide bonds. The quantitative estimate of drug-likeness (QED) is 0.766. The van der Waals surface area contributed by atoms with Crippen LogP contribution in [-0.2, 0) is 16.4 Å². The number of piperazine rings is 1. The summed E-state index contributed by atoms with van der Waals surface area (Å²) in [6, 6.07) is 17.5. The van der Waals surface area contributed by atoms with E-state index >= 15 is 0 Å². The van der Waals surface area contributed by atoms with Crippen molar-refractivity contribution in [3.8, 4) is 5.75 Å². The Morgan fingerprint density at radius 2 is 1.70 bits per heavy atom. The van der Waals surface area contributed by atoms with Crippen LogP contribution in [0.1, 0.15) is 18.4 Å². The monoisotopic (exact) mass is 386 g/mol. The third kappa shape index (κ3) is 4.03. The van der Waals surface area contributed by atoms with E-state index in [1.165, 1.54) is 18.4 Å². The van der Waals surface area contributed by atoms with Crippen LogP contribution in [0.2, 0.25) is 0 Å². The van der Waals surface area contributed by atoms with E-state index in [0.717, 1.165) is 19.5 Å². The fraction of sp³-hybridized carbons (Fsp3) is 0.429. The zero-order valence-electron chi connectivity index (χ0n) is 15.6. The Morgan fingerprint density at radius 1 is 1.00 bits per heavy atom. The van der Waals surface area contributed by atoms with Crippen molar-refractivity contribution in [3.63, 3.8) is 0 Å². The summed E-state index contributed by atoms with van der Waals surface area (Å²) in [7, 11) is -1.95. The molecule has 1 atom stereocenters. The van der Waals surface area contributed by atoms with Gasteiger partial charge in [-0.15, -0.1) is 0 Å². The molecule has 144 valence electrons. The zero-order chi connectivity index (χ0) is 18.9. The second-order valence-corrected chi connectivity index (χ2v) is 9.25. The summed E-state index contributed by atoms with van der Waals surface area (Å²) in [4.78, 5) is 2.80. The van der Waals surface area contributed by atoms with Crippen molar-refractivity contribution in [3.05, 3.63) is 60.2 Å². The van der Waals surface area contributed by atoms with Crippen LogP contribution in [0.5, 0.6) is 5.75 Å². The molecule has 6 heteroatoms. The molecule has 1 aliphatic heterocycles. The van der Waals surface area contributed by atoms with Gasteiger partial charge in [0.1, 0.15) is 5.75 Å². The van der Waals surface area contributed by atoms with Crippen LogP contribution in [0.3, 0.4) is 0 Å². The van der Waals surface area contributed by atoms with Crippen molar-refractivity contribution >= 4 is 10.0 Å². The first-order valence-electron chi connectivity index (χ1n) is 9.52. The molecule has 27 heavy (non-hydrogen) atoms. The Kier molecular flexibility index (Phi) is 5.21. The van der Waals surface area contributed by atoms with Gasteiger partial charge in [-0.1, -0.05) is 30.3 Å². The molecule has 1 saturated carbocycles. The molecule has 1 heterocycles. The second-order valence-electron chi connectivity index (χ2n) is 7.36. The Balaban J connectivity index is 1.60. The normalized spacial score (nSPS) is 21.9. The average Bonchev–Trinajstić information content (AvgIpc) is 3.54. The number of hydrogen-bond acceptors (Lipinski definition) is 4. The number of nitrogens with zero attached hydrogens (tertiary/aromatic N) is 2. The molecule has 2 aromatic rings. The molecular formula is C21H26N2O3S. The maximum atomic E-state index is 13.3. The first kappa shape index (κ1) is 18.5. The maximum absolute atomic E-state index is 13.3. The Bertz CT molecular complexity index is 864. The van der Waals surface area contributed by atoms with Gasteiger partial charge in [-0.25, -0.2) is 8.42 Å². The third-order valence-corrected chi connectivity index (χ3v) is 7.47. The molecule has 5 nitrogen and oxygen atoms in total. The Morgan fingerprint density at radius 3 is 2.33 bits per heavy atom. The molecule has 0 bridgehead atoms. The van der Waals surface area contributed by atoms with Gasteiger partial charge in [0.25, 0.3) is 0 Å². The molecule has 1 saturated heterocycles. The van der Waals surface area contributed by atoms with Gasteiger partial charge in [0.2, 0.25) is 10.0 Å². The molecule has 0 spiro atoms.